The number of aromatic nitrogens is 2. The Labute approximate surface area is 124 Å². The van der Waals surface area contributed by atoms with E-state index in [0.29, 0.717) is 11.9 Å². The van der Waals surface area contributed by atoms with Gasteiger partial charge in [-0.15, -0.1) is 0 Å². The van der Waals surface area contributed by atoms with Crippen molar-refractivity contribution in [2.45, 2.75) is 32.4 Å². The zero-order valence-corrected chi connectivity index (χ0v) is 12.5. The summed E-state index contributed by atoms with van der Waals surface area (Å²) in [7, 11) is 2.03. The van der Waals surface area contributed by atoms with Crippen LogP contribution in [0.5, 0.6) is 0 Å². The Morgan fingerprint density at radius 1 is 1.10 bits per heavy atom. The predicted molar refractivity (Wildman–Crippen MR) is 82.1 cm³/mol. The molecular formula is C16H21FN4. The molecule has 0 atom stereocenters. The molecule has 0 aromatic carbocycles. The van der Waals surface area contributed by atoms with Gasteiger partial charge in [0.2, 0.25) is 0 Å². The Balaban J connectivity index is 1.79. The fourth-order valence-electron chi connectivity index (χ4n) is 3.55. The first kappa shape index (κ1) is 13.1. The summed E-state index contributed by atoms with van der Waals surface area (Å²) >= 11 is 0. The molecule has 2 aromatic heterocycles. The summed E-state index contributed by atoms with van der Waals surface area (Å²) in [6, 6.07) is 1.99. The number of hydrogen-bond acceptors (Lipinski definition) is 3. The van der Waals surface area contributed by atoms with Crippen LogP contribution < -0.4 is 4.90 Å². The van der Waals surface area contributed by atoms with Crippen molar-refractivity contribution in [3.8, 4) is 0 Å². The zero-order chi connectivity index (χ0) is 14.4. The molecular weight excluding hydrogens is 267 g/mol. The van der Waals surface area contributed by atoms with Crippen LogP contribution in [-0.4, -0.2) is 41.1 Å². The van der Waals surface area contributed by atoms with E-state index in [-0.39, 0.29) is 5.82 Å². The Kier molecular flexibility index (Phi) is 3.10. The van der Waals surface area contributed by atoms with Gasteiger partial charge in [0.25, 0.3) is 0 Å². The van der Waals surface area contributed by atoms with Gasteiger partial charge >= 0.3 is 0 Å². The van der Waals surface area contributed by atoms with Gasteiger partial charge in [-0.25, -0.2) is 9.37 Å². The van der Waals surface area contributed by atoms with Crippen LogP contribution in [0.1, 0.15) is 25.0 Å². The van der Waals surface area contributed by atoms with Crippen LogP contribution in [0.2, 0.25) is 0 Å². The average molecular weight is 288 g/mol. The van der Waals surface area contributed by atoms with E-state index >= 15 is 0 Å². The third-order valence-corrected chi connectivity index (χ3v) is 4.77. The molecule has 0 spiro atoms. The van der Waals surface area contributed by atoms with Crippen molar-refractivity contribution in [1.82, 2.24) is 14.5 Å². The summed E-state index contributed by atoms with van der Waals surface area (Å²) in [5, 5.41) is 0.684. The van der Waals surface area contributed by atoms with Crippen molar-refractivity contribution >= 4 is 16.7 Å². The average Bonchev–Trinajstić information content (AvgIpc) is 2.80. The molecule has 4 heterocycles. The van der Waals surface area contributed by atoms with Crippen LogP contribution >= 0.6 is 0 Å². The molecule has 21 heavy (non-hydrogen) atoms. The third kappa shape index (κ3) is 2.11. The number of piperidine rings is 1. The van der Waals surface area contributed by atoms with Crippen LogP contribution in [0.25, 0.3) is 11.0 Å². The molecule has 1 fully saturated rings. The van der Waals surface area contributed by atoms with Crippen LogP contribution in [0, 0.1) is 5.82 Å². The lowest BCUT2D eigenvalue weighted by atomic mass is 10.1. The minimum absolute atomic E-state index is 0.0806. The number of fused-ring (bicyclic) bond motifs is 3. The summed E-state index contributed by atoms with van der Waals surface area (Å²) in [4.78, 5) is 9.07. The van der Waals surface area contributed by atoms with Crippen molar-refractivity contribution in [2.75, 3.05) is 31.6 Å². The summed E-state index contributed by atoms with van der Waals surface area (Å²) in [5.41, 5.74) is 2.65. The minimum Gasteiger partial charge on any atom is -0.370 e. The third-order valence-electron chi connectivity index (χ3n) is 4.77. The van der Waals surface area contributed by atoms with Crippen LogP contribution in [0.4, 0.5) is 10.1 Å². The lowest BCUT2D eigenvalue weighted by molar-refractivity contribution is 0.266. The van der Waals surface area contributed by atoms with Crippen molar-refractivity contribution in [3.63, 3.8) is 0 Å². The number of anilines is 1. The molecule has 0 bridgehead atoms. The Morgan fingerprint density at radius 3 is 2.71 bits per heavy atom. The summed E-state index contributed by atoms with van der Waals surface area (Å²) in [6.45, 7) is 4.56. The van der Waals surface area contributed by atoms with Gasteiger partial charge in [-0.05, 0) is 32.4 Å². The molecule has 0 aliphatic carbocycles. The molecule has 0 unspecified atom stereocenters. The topological polar surface area (TPSA) is 24.3 Å². The molecule has 4 nitrogen and oxygen atoms in total. The van der Waals surface area contributed by atoms with Crippen molar-refractivity contribution in [1.29, 1.82) is 0 Å². The van der Waals surface area contributed by atoms with E-state index in [1.165, 1.54) is 19.3 Å². The van der Waals surface area contributed by atoms with E-state index in [0.717, 1.165) is 43.2 Å². The molecule has 5 heteroatoms. The van der Waals surface area contributed by atoms with Gasteiger partial charge in [-0.3, -0.25) is 4.90 Å². The number of rotatable bonds is 1. The maximum Gasteiger partial charge on any atom is 0.155 e. The SMILES string of the molecule is CN1CCn2c(c(F)c3cc(N4CCCCC4)cnc32)C1. The normalized spacial score (nSPS) is 20.0. The second-order valence-electron chi connectivity index (χ2n) is 6.26. The number of likely N-dealkylation sites (N-methyl/N-ethyl adjacent to an activating group) is 1. The maximum absolute atomic E-state index is 14.7. The molecule has 2 aliphatic rings. The molecule has 0 saturated carbocycles. The van der Waals surface area contributed by atoms with Gasteiger partial charge in [0.05, 0.1) is 23.0 Å². The summed E-state index contributed by atoms with van der Waals surface area (Å²) in [5.74, 6) is -0.0806. The second kappa shape index (κ2) is 4.98. The zero-order valence-electron chi connectivity index (χ0n) is 12.5. The number of halogens is 1. The standard InChI is InChI=1S/C16H21FN4/c1-19-7-8-21-14(11-19)15(17)13-9-12(10-18-16(13)21)20-5-3-2-4-6-20/h9-10H,2-8,11H2,1H3. The van der Waals surface area contributed by atoms with E-state index in [1.807, 2.05) is 23.9 Å². The first-order valence-electron chi connectivity index (χ1n) is 7.84. The molecule has 2 aromatic rings. The number of pyridine rings is 1. The van der Waals surface area contributed by atoms with E-state index in [1.54, 1.807) is 0 Å². The van der Waals surface area contributed by atoms with Gasteiger partial charge in [0.1, 0.15) is 5.65 Å². The molecule has 112 valence electrons. The quantitative estimate of drug-likeness (QED) is 0.806. The fraction of sp³-hybridized carbons (Fsp3) is 0.562. The van der Waals surface area contributed by atoms with Crippen molar-refractivity contribution in [3.05, 3.63) is 23.8 Å². The van der Waals surface area contributed by atoms with Crippen LogP contribution in [0.3, 0.4) is 0 Å². The maximum atomic E-state index is 14.7. The molecule has 4 rings (SSSR count). The van der Waals surface area contributed by atoms with Crippen LogP contribution in [0.15, 0.2) is 12.3 Å². The highest BCUT2D eigenvalue weighted by atomic mass is 19.1. The van der Waals surface area contributed by atoms with Gasteiger partial charge in [-0.1, -0.05) is 0 Å². The van der Waals surface area contributed by atoms with E-state index < -0.39 is 0 Å². The summed E-state index contributed by atoms with van der Waals surface area (Å²) in [6.07, 6.45) is 5.65. The molecule has 0 N–H and O–H groups in total. The van der Waals surface area contributed by atoms with Gasteiger partial charge in [-0.2, -0.15) is 0 Å². The highest BCUT2D eigenvalue weighted by Crippen LogP contribution is 2.30. The smallest absolute Gasteiger partial charge is 0.155 e. The van der Waals surface area contributed by atoms with Gasteiger partial charge < -0.3 is 9.47 Å². The summed E-state index contributed by atoms with van der Waals surface area (Å²) < 4.78 is 16.8. The second-order valence-corrected chi connectivity index (χ2v) is 6.26. The van der Waals surface area contributed by atoms with Crippen molar-refractivity contribution < 1.29 is 4.39 Å². The van der Waals surface area contributed by atoms with Gasteiger partial charge in [0, 0.05) is 32.7 Å². The number of nitrogens with zero attached hydrogens (tertiary/aromatic N) is 4. The molecule has 2 aliphatic heterocycles. The lowest BCUT2D eigenvalue weighted by Gasteiger charge is -2.28. The number of hydrogen-bond donors (Lipinski definition) is 0. The Morgan fingerprint density at radius 2 is 1.90 bits per heavy atom. The highest BCUT2D eigenvalue weighted by molar-refractivity contribution is 5.82. The lowest BCUT2D eigenvalue weighted by Crippen LogP contribution is -2.30. The fourth-order valence-corrected chi connectivity index (χ4v) is 3.55. The molecule has 1 saturated heterocycles. The van der Waals surface area contributed by atoms with Crippen LogP contribution in [-0.2, 0) is 13.1 Å². The Bertz CT molecular complexity index is 672. The first-order valence-corrected chi connectivity index (χ1v) is 7.84. The highest BCUT2D eigenvalue weighted by Gasteiger charge is 2.24. The largest absolute Gasteiger partial charge is 0.370 e. The molecule has 0 amide bonds. The van der Waals surface area contributed by atoms with Crippen molar-refractivity contribution in [2.24, 2.45) is 0 Å². The van der Waals surface area contributed by atoms with Gasteiger partial charge in [0.15, 0.2) is 5.82 Å². The molecule has 0 radical (unpaired) electrons. The monoisotopic (exact) mass is 288 g/mol. The first-order chi connectivity index (χ1) is 10.2. The van der Waals surface area contributed by atoms with E-state index in [4.69, 9.17) is 0 Å². The minimum atomic E-state index is -0.0806. The predicted octanol–water partition coefficient (Wildman–Crippen LogP) is 2.61. The Hall–Kier alpha value is -1.62. The van der Waals surface area contributed by atoms with E-state index in [2.05, 4.69) is 14.8 Å². The van der Waals surface area contributed by atoms with E-state index in [9.17, 15) is 4.39 Å².